The highest BCUT2D eigenvalue weighted by molar-refractivity contribution is 7.89. The number of piperazine rings is 1. The van der Waals surface area contributed by atoms with E-state index < -0.39 is 16.1 Å². The Kier molecular flexibility index (Phi) is 9.02. The highest BCUT2D eigenvalue weighted by Crippen LogP contribution is 2.10. The molecule has 2 rings (SSSR count). The quantitative estimate of drug-likeness (QED) is 0.495. The van der Waals surface area contributed by atoms with Crippen molar-refractivity contribution in [2.45, 2.75) is 24.3 Å². The Hall–Kier alpha value is -2.01. The number of ether oxygens (including phenoxy) is 1. The Morgan fingerprint density at radius 3 is 2.41 bits per heavy atom. The third kappa shape index (κ3) is 7.39. The first-order valence-electron chi connectivity index (χ1n) is 9.67. The first-order chi connectivity index (χ1) is 13.8. The van der Waals surface area contributed by atoms with Gasteiger partial charge in [-0.2, -0.15) is 4.72 Å². The summed E-state index contributed by atoms with van der Waals surface area (Å²) < 4.78 is 32.2. The van der Waals surface area contributed by atoms with Crippen LogP contribution in [-0.4, -0.2) is 89.1 Å². The molecule has 0 saturated carbocycles. The summed E-state index contributed by atoms with van der Waals surface area (Å²) in [6, 6.07) is 7.10. The summed E-state index contributed by atoms with van der Waals surface area (Å²) in [5.41, 5.74) is 0. The van der Waals surface area contributed by atoms with Crippen LogP contribution in [0.4, 0.5) is 0 Å². The fraction of sp³-hybridized carbons (Fsp3) is 0.579. The molecule has 1 aromatic rings. The molecule has 29 heavy (non-hydrogen) atoms. The van der Waals surface area contributed by atoms with Gasteiger partial charge in [0.25, 0.3) is 0 Å². The molecular weight excluding hydrogens is 396 g/mol. The van der Waals surface area contributed by atoms with Crippen LogP contribution < -0.4 is 10.0 Å². The molecule has 1 heterocycles. The molecule has 9 nitrogen and oxygen atoms in total. The van der Waals surface area contributed by atoms with Gasteiger partial charge >= 0.3 is 0 Å². The topological polar surface area (TPSA) is 108 Å². The van der Waals surface area contributed by atoms with Gasteiger partial charge < -0.3 is 15.0 Å². The van der Waals surface area contributed by atoms with Gasteiger partial charge in [0.05, 0.1) is 17.5 Å². The number of hydrogen-bond donors (Lipinski definition) is 2. The lowest BCUT2D eigenvalue weighted by molar-refractivity contribution is -0.134. The predicted octanol–water partition coefficient (Wildman–Crippen LogP) is -0.350. The molecule has 0 aromatic heterocycles. The first-order valence-corrected chi connectivity index (χ1v) is 11.2. The summed E-state index contributed by atoms with van der Waals surface area (Å²) in [7, 11) is -2.13. The summed E-state index contributed by atoms with van der Waals surface area (Å²) in [6.07, 6.45) is 0.765. The second kappa shape index (κ2) is 11.2. The Bertz CT molecular complexity index is 764. The van der Waals surface area contributed by atoms with E-state index in [1.54, 1.807) is 37.1 Å². The van der Waals surface area contributed by atoms with Crippen molar-refractivity contribution < 1.29 is 22.7 Å². The van der Waals surface area contributed by atoms with Crippen molar-refractivity contribution >= 4 is 21.8 Å². The summed E-state index contributed by atoms with van der Waals surface area (Å²) in [5, 5.41) is 2.84. The summed E-state index contributed by atoms with van der Waals surface area (Å²) >= 11 is 0. The van der Waals surface area contributed by atoms with Gasteiger partial charge in [-0.25, -0.2) is 8.42 Å². The molecule has 1 atom stereocenters. The zero-order valence-corrected chi connectivity index (χ0v) is 17.8. The number of methoxy groups -OCH3 is 1. The van der Waals surface area contributed by atoms with Crippen molar-refractivity contribution in [1.82, 2.24) is 19.8 Å². The maximum atomic E-state index is 12.6. The van der Waals surface area contributed by atoms with E-state index in [9.17, 15) is 18.0 Å². The molecular formula is C19H30N4O5S. The number of nitrogens with zero attached hydrogens (tertiary/aromatic N) is 2. The molecule has 0 spiro atoms. The highest BCUT2D eigenvalue weighted by Gasteiger charge is 2.28. The maximum Gasteiger partial charge on any atom is 0.241 e. The monoisotopic (exact) mass is 426 g/mol. The fourth-order valence-corrected chi connectivity index (χ4v) is 4.27. The molecule has 1 saturated heterocycles. The normalized spacial score (nSPS) is 16.4. The molecule has 1 aliphatic heterocycles. The van der Waals surface area contributed by atoms with E-state index in [4.69, 9.17) is 4.74 Å². The molecule has 10 heteroatoms. The van der Waals surface area contributed by atoms with E-state index in [1.807, 2.05) is 4.90 Å². The summed E-state index contributed by atoms with van der Waals surface area (Å²) in [6.45, 7) is 5.04. The average molecular weight is 427 g/mol. The van der Waals surface area contributed by atoms with Crippen molar-refractivity contribution in [2.75, 3.05) is 53.0 Å². The number of rotatable bonds is 10. The Labute approximate surface area is 172 Å². The third-order valence-corrected chi connectivity index (χ3v) is 6.21. The molecule has 1 aromatic carbocycles. The molecule has 0 radical (unpaired) electrons. The average Bonchev–Trinajstić information content (AvgIpc) is 2.71. The Balaban J connectivity index is 1.77. The van der Waals surface area contributed by atoms with E-state index in [2.05, 4.69) is 10.0 Å². The number of carbonyl (C=O) groups is 2. The lowest BCUT2D eigenvalue weighted by Gasteiger charge is -2.35. The number of nitrogens with one attached hydrogen (secondary N) is 2. The van der Waals surface area contributed by atoms with Gasteiger partial charge in [-0.3, -0.25) is 14.5 Å². The van der Waals surface area contributed by atoms with Crippen LogP contribution in [0, 0.1) is 0 Å². The lowest BCUT2D eigenvalue weighted by Crippen LogP contribution is -2.55. The van der Waals surface area contributed by atoms with Crippen LogP contribution >= 0.6 is 0 Å². The van der Waals surface area contributed by atoms with Gasteiger partial charge in [-0.15, -0.1) is 0 Å². The predicted molar refractivity (Wildman–Crippen MR) is 109 cm³/mol. The van der Waals surface area contributed by atoms with Crippen molar-refractivity contribution in [1.29, 1.82) is 0 Å². The van der Waals surface area contributed by atoms with Gasteiger partial charge in [0, 0.05) is 46.4 Å². The lowest BCUT2D eigenvalue weighted by atomic mass is 10.2. The van der Waals surface area contributed by atoms with Gasteiger partial charge in [0.2, 0.25) is 21.8 Å². The van der Waals surface area contributed by atoms with Crippen molar-refractivity contribution in [3.05, 3.63) is 30.3 Å². The molecule has 0 aliphatic carbocycles. The van der Waals surface area contributed by atoms with Crippen molar-refractivity contribution in [2.24, 2.45) is 0 Å². The Morgan fingerprint density at radius 1 is 1.14 bits per heavy atom. The van der Waals surface area contributed by atoms with Gasteiger partial charge in [-0.1, -0.05) is 18.2 Å². The van der Waals surface area contributed by atoms with Crippen LogP contribution in [0.25, 0.3) is 0 Å². The summed E-state index contributed by atoms with van der Waals surface area (Å²) in [5.74, 6) is -0.321. The van der Waals surface area contributed by atoms with Crippen LogP contribution in [0.15, 0.2) is 35.2 Å². The minimum Gasteiger partial charge on any atom is -0.385 e. The second-order valence-electron chi connectivity index (χ2n) is 6.95. The minimum atomic E-state index is -3.75. The van der Waals surface area contributed by atoms with Gasteiger partial charge in [0.15, 0.2) is 0 Å². The third-order valence-electron chi connectivity index (χ3n) is 4.65. The molecule has 2 amide bonds. The molecule has 0 unspecified atom stereocenters. The number of amides is 2. The number of hydrogen-bond acceptors (Lipinski definition) is 6. The molecule has 1 aliphatic rings. The highest BCUT2D eigenvalue weighted by atomic mass is 32.2. The van der Waals surface area contributed by atoms with Crippen LogP contribution in [0.3, 0.4) is 0 Å². The van der Waals surface area contributed by atoms with E-state index >= 15 is 0 Å². The number of carbonyl (C=O) groups excluding carboxylic acids is 2. The van der Waals surface area contributed by atoms with Crippen LogP contribution in [-0.2, 0) is 24.3 Å². The van der Waals surface area contributed by atoms with E-state index in [1.165, 1.54) is 12.1 Å². The van der Waals surface area contributed by atoms with Crippen LogP contribution in [0.2, 0.25) is 0 Å². The molecule has 162 valence electrons. The Morgan fingerprint density at radius 2 is 1.79 bits per heavy atom. The molecule has 1 fully saturated rings. The molecule has 0 bridgehead atoms. The van der Waals surface area contributed by atoms with Gasteiger partial charge in [0.1, 0.15) is 0 Å². The second-order valence-corrected chi connectivity index (χ2v) is 8.67. The number of benzene rings is 1. The van der Waals surface area contributed by atoms with E-state index in [0.29, 0.717) is 39.3 Å². The zero-order valence-electron chi connectivity index (χ0n) is 17.0. The fourth-order valence-electron chi connectivity index (χ4n) is 3.05. The number of sulfonamides is 1. The largest absolute Gasteiger partial charge is 0.385 e. The van der Waals surface area contributed by atoms with Crippen LogP contribution in [0.5, 0.6) is 0 Å². The van der Waals surface area contributed by atoms with E-state index in [0.717, 1.165) is 6.42 Å². The van der Waals surface area contributed by atoms with Crippen molar-refractivity contribution in [3.63, 3.8) is 0 Å². The first kappa shape index (κ1) is 23.3. The van der Waals surface area contributed by atoms with E-state index in [-0.39, 0.29) is 23.3 Å². The van der Waals surface area contributed by atoms with Crippen LogP contribution in [0.1, 0.15) is 13.3 Å². The standard InChI is InChI=1S/C19H30N4O5S/c1-16(21-29(26,27)17-7-4-3-5-8-17)19(25)23-12-10-22(11-13-23)15-18(24)20-9-6-14-28-2/h3-5,7-8,16,21H,6,9-15H2,1-2H3,(H,20,24)/t16-/m0/s1. The molecule has 2 N–H and O–H groups in total. The SMILES string of the molecule is COCCCNC(=O)CN1CCN(C(=O)[C@H](C)NS(=O)(=O)c2ccccc2)CC1. The van der Waals surface area contributed by atoms with Gasteiger partial charge in [-0.05, 0) is 25.5 Å². The summed E-state index contributed by atoms with van der Waals surface area (Å²) in [4.78, 5) is 28.3. The zero-order chi connectivity index (χ0) is 21.3. The minimum absolute atomic E-state index is 0.0510. The smallest absolute Gasteiger partial charge is 0.241 e. The maximum absolute atomic E-state index is 12.6. The van der Waals surface area contributed by atoms with Crippen molar-refractivity contribution in [3.8, 4) is 0 Å².